The van der Waals surface area contributed by atoms with Gasteiger partial charge in [0.1, 0.15) is 5.75 Å². The minimum atomic E-state index is -0.511. The minimum absolute atomic E-state index is 0.0436. The Bertz CT molecular complexity index is 970. The van der Waals surface area contributed by atoms with Gasteiger partial charge in [0, 0.05) is 18.2 Å². The number of aliphatic imine (C=N–C) groups is 1. The fourth-order valence-corrected chi connectivity index (χ4v) is 3.62. The average molecular weight is 376 g/mol. The quantitative estimate of drug-likeness (QED) is 0.650. The zero-order chi connectivity index (χ0) is 18.1. The molecule has 1 N–H and O–H groups in total. The van der Waals surface area contributed by atoms with E-state index >= 15 is 0 Å². The first-order valence-corrected chi connectivity index (χ1v) is 8.73. The Morgan fingerprint density at radius 3 is 2.84 bits per heavy atom. The second kappa shape index (κ2) is 6.81. The van der Waals surface area contributed by atoms with Gasteiger partial charge in [-0.2, -0.15) is 0 Å². The summed E-state index contributed by atoms with van der Waals surface area (Å²) in [5.74, 6) is 0.180. The van der Waals surface area contributed by atoms with Crippen molar-refractivity contribution in [2.75, 3.05) is 13.7 Å². The molecule has 0 unspecified atom stereocenters. The van der Waals surface area contributed by atoms with Crippen LogP contribution in [0.3, 0.4) is 0 Å². The predicted octanol–water partition coefficient (Wildman–Crippen LogP) is 3.72. The second-order valence-electron chi connectivity index (χ2n) is 5.24. The summed E-state index contributed by atoms with van der Waals surface area (Å²) in [4.78, 5) is 17.3. The molecule has 0 amide bonds. The third-order valence-corrected chi connectivity index (χ3v) is 5.23. The lowest BCUT2D eigenvalue weighted by atomic mass is 10.0. The van der Waals surface area contributed by atoms with Crippen molar-refractivity contribution < 1.29 is 19.4 Å². The highest BCUT2D eigenvalue weighted by molar-refractivity contribution is 7.73. The lowest BCUT2D eigenvalue weighted by molar-refractivity contribution is -0.134. The summed E-state index contributed by atoms with van der Waals surface area (Å²) < 4.78 is 12.4. The Morgan fingerprint density at radius 2 is 2.24 bits per heavy atom. The number of thiazole rings is 1. The van der Waals surface area contributed by atoms with E-state index in [-0.39, 0.29) is 18.2 Å². The molecule has 0 aliphatic carbocycles. The van der Waals surface area contributed by atoms with Crippen LogP contribution in [0.4, 0.5) is 5.69 Å². The molecular formula is C17H16N2O4S2. The Kier molecular flexibility index (Phi) is 4.73. The van der Waals surface area contributed by atoms with Gasteiger partial charge in [0.05, 0.1) is 24.3 Å². The van der Waals surface area contributed by atoms with Gasteiger partial charge in [-0.05, 0) is 43.4 Å². The Hall–Kier alpha value is -2.45. The number of aromatic hydroxyl groups is 1. The second-order valence-corrected chi connectivity index (χ2v) is 6.91. The molecule has 0 radical (unpaired) electrons. The van der Waals surface area contributed by atoms with E-state index in [4.69, 9.17) is 21.7 Å². The van der Waals surface area contributed by atoms with E-state index in [1.807, 2.05) is 0 Å². The summed E-state index contributed by atoms with van der Waals surface area (Å²) in [5.41, 5.74) is 2.16. The van der Waals surface area contributed by atoms with Crippen LogP contribution in [-0.2, 0) is 16.6 Å². The average Bonchev–Trinajstić information content (AvgIpc) is 3.08. The Morgan fingerprint density at radius 1 is 1.48 bits per heavy atom. The summed E-state index contributed by atoms with van der Waals surface area (Å²) in [6.07, 6.45) is 1.71. The molecule has 0 bridgehead atoms. The summed E-state index contributed by atoms with van der Waals surface area (Å²) in [6, 6.07) is 5.36. The van der Waals surface area contributed by atoms with Gasteiger partial charge < -0.3 is 14.6 Å². The molecule has 25 heavy (non-hydrogen) atoms. The standard InChI is InChI=1S/C17H16N2O4S2/c1-4-23-16(21)14-11(8-13-15(20)19(2)17(24)25-13)10-7-9(22-3)5-6-12(10)18-14/h5-8,20H,4H2,1-3H3/b11-8-. The topological polar surface area (TPSA) is 73.0 Å². The summed E-state index contributed by atoms with van der Waals surface area (Å²) in [7, 11) is 3.25. The first kappa shape index (κ1) is 17.4. The number of fused-ring (bicyclic) bond motifs is 1. The first-order chi connectivity index (χ1) is 12.0. The van der Waals surface area contributed by atoms with Crippen molar-refractivity contribution in [3.8, 4) is 11.6 Å². The molecule has 8 heteroatoms. The predicted molar refractivity (Wildman–Crippen MR) is 100 cm³/mol. The molecule has 0 fully saturated rings. The van der Waals surface area contributed by atoms with E-state index in [1.54, 1.807) is 45.4 Å². The lowest BCUT2D eigenvalue weighted by Gasteiger charge is -2.06. The van der Waals surface area contributed by atoms with Crippen LogP contribution in [0.2, 0.25) is 0 Å². The van der Waals surface area contributed by atoms with Crippen LogP contribution >= 0.6 is 23.6 Å². The molecule has 2 heterocycles. The van der Waals surface area contributed by atoms with Crippen LogP contribution in [0.25, 0.3) is 11.6 Å². The van der Waals surface area contributed by atoms with Crippen molar-refractivity contribution in [1.29, 1.82) is 0 Å². The number of ether oxygens (including phenoxy) is 2. The molecule has 130 valence electrons. The van der Waals surface area contributed by atoms with E-state index < -0.39 is 5.97 Å². The highest BCUT2D eigenvalue weighted by Crippen LogP contribution is 2.40. The fraction of sp³-hybridized carbons (Fsp3) is 0.235. The molecule has 6 nitrogen and oxygen atoms in total. The summed E-state index contributed by atoms with van der Waals surface area (Å²) in [6.45, 7) is 1.99. The van der Waals surface area contributed by atoms with E-state index in [9.17, 15) is 9.90 Å². The van der Waals surface area contributed by atoms with E-state index in [2.05, 4.69) is 4.99 Å². The van der Waals surface area contributed by atoms with Gasteiger partial charge in [0.15, 0.2) is 9.67 Å². The van der Waals surface area contributed by atoms with Crippen LogP contribution in [-0.4, -0.2) is 35.1 Å². The molecule has 0 saturated carbocycles. The number of nitrogens with zero attached hydrogens (tertiary/aromatic N) is 2. The third-order valence-electron chi connectivity index (χ3n) is 3.73. The zero-order valence-electron chi connectivity index (χ0n) is 13.9. The molecule has 0 saturated heterocycles. The molecule has 1 aromatic carbocycles. The number of carbonyl (C=O) groups excluding carboxylic acids is 1. The van der Waals surface area contributed by atoms with Gasteiger partial charge in [0.2, 0.25) is 5.88 Å². The van der Waals surface area contributed by atoms with Crippen molar-refractivity contribution in [3.05, 3.63) is 32.6 Å². The van der Waals surface area contributed by atoms with Crippen LogP contribution in [0.15, 0.2) is 23.2 Å². The van der Waals surface area contributed by atoms with Crippen molar-refractivity contribution in [2.24, 2.45) is 12.0 Å². The van der Waals surface area contributed by atoms with Crippen LogP contribution in [0.5, 0.6) is 11.6 Å². The first-order valence-electron chi connectivity index (χ1n) is 7.51. The van der Waals surface area contributed by atoms with E-state index in [1.165, 1.54) is 15.9 Å². The van der Waals surface area contributed by atoms with Crippen LogP contribution in [0, 0.1) is 3.95 Å². The molecule has 1 aromatic heterocycles. The SMILES string of the molecule is CCOC(=O)C1=Nc2ccc(OC)cc2/C1=C/c1sc(=S)n(C)c1O. The normalized spacial score (nSPS) is 14.4. The number of hydrogen-bond acceptors (Lipinski definition) is 7. The van der Waals surface area contributed by atoms with Gasteiger partial charge >= 0.3 is 5.97 Å². The van der Waals surface area contributed by atoms with E-state index in [0.29, 0.717) is 25.8 Å². The van der Waals surface area contributed by atoms with Crippen LogP contribution in [0.1, 0.15) is 17.4 Å². The number of carbonyl (C=O) groups is 1. The van der Waals surface area contributed by atoms with Gasteiger partial charge in [-0.25, -0.2) is 9.79 Å². The fourth-order valence-electron chi connectivity index (χ4n) is 2.45. The maximum Gasteiger partial charge on any atom is 0.357 e. The molecule has 0 atom stereocenters. The molecule has 1 aliphatic rings. The van der Waals surface area contributed by atoms with E-state index in [0.717, 1.165) is 5.56 Å². The molecule has 2 aromatic rings. The third kappa shape index (κ3) is 3.10. The maximum atomic E-state index is 12.3. The Balaban J connectivity index is 2.17. The van der Waals surface area contributed by atoms with Crippen molar-refractivity contribution in [2.45, 2.75) is 6.92 Å². The minimum Gasteiger partial charge on any atom is -0.497 e. The highest BCUT2D eigenvalue weighted by Gasteiger charge is 2.28. The molecule has 3 rings (SSSR count). The van der Waals surface area contributed by atoms with Gasteiger partial charge in [0.25, 0.3) is 0 Å². The number of rotatable bonds is 4. The molecule has 0 spiro atoms. The number of aromatic nitrogens is 1. The monoisotopic (exact) mass is 376 g/mol. The Labute approximate surface area is 153 Å². The smallest absolute Gasteiger partial charge is 0.357 e. The number of benzene rings is 1. The summed E-state index contributed by atoms with van der Waals surface area (Å²) in [5, 5.41) is 10.2. The van der Waals surface area contributed by atoms with Gasteiger partial charge in [-0.1, -0.05) is 0 Å². The van der Waals surface area contributed by atoms with Gasteiger partial charge in [-0.3, -0.25) is 4.57 Å². The molecule has 1 aliphatic heterocycles. The van der Waals surface area contributed by atoms with Crippen molar-refractivity contribution >= 4 is 52.6 Å². The molecular weight excluding hydrogens is 360 g/mol. The zero-order valence-corrected chi connectivity index (χ0v) is 15.5. The lowest BCUT2D eigenvalue weighted by Crippen LogP contribution is -2.16. The highest BCUT2D eigenvalue weighted by atomic mass is 32.1. The van der Waals surface area contributed by atoms with Crippen molar-refractivity contribution in [3.63, 3.8) is 0 Å². The van der Waals surface area contributed by atoms with Crippen molar-refractivity contribution in [1.82, 2.24) is 4.57 Å². The maximum absolute atomic E-state index is 12.3. The van der Waals surface area contributed by atoms with Crippen LogP contribution < -0.4 is 4.74 Å². The summed E-state index contributed by atoms with van der Waals surface area (Å²) >= 11 is 6.45. The van der Waals surface area contributed by atoms with Gasteiger partial charge in [-0.15, -0.1) is 11.3 Å². The number of hydrogen-bond donors (Lipinski definition) is 1. The largest absolute Gasteiger partial charge is 0.497 e. The number of methoxy groups -OCH3 is 1. The number of esters is 1.